The van der Waals surface area contributed by atoms with Gasteiger partial charge in [-0.1, -0.05) is 36.4 Å². The van der Waals surface area contributed by atoms with Crippen LogP contribution in [-0.2, 0) is 0 Å². The molecular weight excluding hydrogens is 364 g/mol. The molecule has 0 spiro atoms. The van der Waals surface area contributed by atoms with Crippen LogP contribution in [0.15, 0.2) is 60.7 Å². The molecule has 6 aromatic rings. The van der Waals surface area contributed by atoms with Crippen LogP contribution in [0.4, 0.5) is 0 Å². The number of hydrogen-bond acceptors (Lipinski definition) is 4. The van der Waals surface area contributed by atoms with Crippen LogP contribution in [0.5, 0.6) is 0 Å². The van der Waals surface area contributed by atoms with Gasteiger partial charge in [0.05, 0.1) is 26.8 Å². The van der Waals surface area contributed by atoms with Gasteiger partial charge in [-0.2, -0.15) is 0 Å². The number of aromatic nitrogens is 4. The Balaban J connectivity index is 1.82. The molecule has 0 amide bonds. The van der Waals surface area contributed by atoms with E-state index in [4.69, 9.17) is 15.0 Å². The number of imidazole rings is 1. The number of fused-ring (bicyclic) bond motifs is 6. The monoisotopic (exact) mass is 380 g/mol. The molecule has 3 heterocycles. The van der Waals surface area contributed by atoms with Gasteiger partial charge in [-0.15, -0.1) is 11.3 Å². The molecule has 28 heavy (non-hydrogen) atoms. The SMILES string of the molecule is Cc1ccc(C)c2sc(-c3nc4ccccc4c4nc5ccccc5n34)nc12. The summed E-state index contributed by atoms with van der Waals surface area (Å²) in [6.07, 6.45) is 0. The molecule has 0 fully saturated rings. The Kier molecular flexibility index (Phi) is 3.14. The minimum absolute atomic E-state index is 0.849. The molecule has 5 heteroatoms. The Morgan fingerprint density at radius 3 is 2.36 bits per heavy atom. The summed E-state index contributed by atoms with van der Waals surface area (Å²) in [5.41, 5.74) is 7.39. The molecule has 0 aliphatic heterocycles. The average Bonchev–Trinajstić information content (AvgIpc) is 3.33. The lowest BCUT2D eigenvalue weighted by atomic mass is 10.1. The van der Waals surface area contributed by atoms with Gasteiger partial charge in [0.2, 0.25) is 0 Å². The van der Waals surface area contributed by atoms with Gasteiger partial charge in [-0.3, -0.25) is 4.40 Å². The van der Waals surface area contributed by atoms with Crippen molar-refractivity contribution in [2.24, 2.45) is 0 Å². The molecule has 0 aliphatic rings. The topological polar surface area (TPSA) is 43.1 Å². The maximum Gasteiger partial charge on any atom is 0.176 e. The number of hydrogen-bond donors (Lipinski definition) is 0. The zero-order valence-corrected chi connectivity index (χ0v) is 16.3. The minimum Gasteiger partial charge on any atom is -0.274 e. The number of para-hydroxylation sites is 3. The fourth-order valence-corrected chi connectivity index (χ4v) is 4.93. The second kappa shape index (κ2) is 5.59. The zero-order valence-electron chi connectivity index (χ0n) is 15.5. The number of rotatable bonds is 1. The van der Waals surface area contributed by atoms with Crippen LogP contribution in [-0.4, -0.2) is 19.4 Å². The molecule has 0 unspecified atom stereocenters. The first kappa shape index (κ1) is 15.7. The third-order valence-corrected chi connectivity index (χ3v) is 6.46. The molecule has 3 aromatic heterocycles. The lowest BCUT2D eigenvalue weighted by Gasteiger charge is -2.06. The van der Waals surface area contributed by atoms with Crippen molar-refractivity contribution in [1.29, 1.82) is 0 Å². The van der Waals surface area contributed by atoms with Crippen LogP contribution in [0, 0.1) is 13.8 Å². The van der Waals surface area contributed by atoms with Crippen molar-refractivity contribution in [3.05, 3.63) is 71.8 Å². The molecule has 4 nitrogen and oxygen atoms in total. The van der Waals surface area contributed by atoms with Crippen molar-refractivity contribution >= 4 is 49.1 Å². The highest BCUT2D eigenvalue weighted by Gasteiger charge is 2.18. The summed E-state index contributed by atoms with van der Waals surface area (Å²) in [6, 6.07) is 20.7. The second-order valence-corrected chi connectivity index (χ2v) is 8.11. The summed E-state index contributed by atoms with van der Waals surface area (Å²) in [5, 5.41) is 1.97. The van der Waals surface area contributed by atoms with Gasteiger partial charge >= 0.3 is 0 Å². The van der Waals surface area contributed by atoms with Gasteiger partial charge in [0.1, 0.15) is 5.65 Å². The lowest BCUT2D eigenvalue weighted by Crippen LogP contribution is -1.97. The molecule has 0 aliphatic carbocycles. The highest BCUT2D eigenvalue weighted by Crippen LogP contribution is 2.35. The first-order valence-electron chi connectivity index (χ1n) is 9.24. The summed E-state index contributed by atoms with van der Waals surface area (Å²) in [5.74, 6) is 0.849. The van der Waals surface area contributed by atoms with E-state index in [0.29, 0.717) is 0 Å². The van der Waals surface area contributed by atoms with Gasteiger partial charge in [-0.25, -0.2) is 15.0 Å². The van der Waals surface area contributed by atoms with Gasteiger partial charge in [0.25, 0.3) is 0 Å². The van der Waals surface area contributed by atoms with E-state index in [1.54, 1.807) is 11.3 Å². The summed E-state index contributed by atoms with van der Waals surface area (Å²) in [7, 11) is 0. The second-order valence-electron chi connectivity index (χ2n) is 7.11. The molecule has 0 radical (unpaired) electrons. The van der Waals surface area contributed by atoms with E-state index in [0.717, 1.165) is 43.9 Å². The predicted molar refractivity (Wildman–Crippen MR) is 116 cm³/mol. The number of thiazole rings is 1. The number of nitrogens with zero attached hydrogens (tertiary/aromatic N) is 4. The largest absolute Gasteiger partial charge is 0.274 e. The van der Waals surface area contributed by atoms with Crippen LogP contribution < -0.4 is 0 Å². The molecule has 3 aromatic carbocycles. The molecule has 0 saturated carbocycles. The average molecular weight is 380 g/mol. The van der Waals surface area contributed by atoms with Crippen LogP contribution in [0.3, 0.4) is 0 Å². The van der Waals surface area contributed by atoms with E-state index < -0.39 is 0 Å². The van der Waals surface area contributed by atoms with Crippen LogP contribution in [0.1, 0.15) is 11.1 Å². The summed E-state index contributed by atoms with van der Waals surface area (Å²) in [6.45, 7) is 4.25. The molecule has 0 saturated heterocycles. The highest BCUT2D eigenvalue weighted by atomic mass is 32.1. The Morgan fingerprint density at radius 1 is 0.750 bits per heavy atom. The van der Waals surface area contributed by atoms with E-state index in [1.807, 2.05) is 36.4 Å². The quantitative estimate of drug-likeness (QED) is 0.355. The first-order chi connectivity index (χ1) is 13.7. The standard InChI is InChI=1S/C23H16N4S/c1-13-11-12-14(2)20-19(13)26-23(28-20)22-24-16-8-4-3-7-15(16)21-25-17-9-5-6-10-18(17)27(21)22/h3-12H,1-2H3. The van der Waals surface area contributed by atoms with Crippen molar-refractivity contribution in [3.8, 4) is 10.8 Å². The van der Waals surface area contributed by atoms with Crippen LogP contribution >= 0.6 is 11.3 Å². The van der Waals surface area contributed by atoms with E-state index in [9.17, 15) is 0 Å². The van der Waals surface area contributed by atoms with E-state index in [1.165, 1.54) is 15.8 Å². The third kappa shape index (κ3) is 2.08. The molecule has 0 atom stereocenters. The highest BCUT2D eigenvalue weighted by molar-refractivity contribution is 7.21. The van der Waals surface area contributed by atoms with E-state index >= 15 is 0 Å². The predicted octanol–water partition coefficient (Wildman–Crippen LogP) is 5.93. The van der Waals surface area contributed by atoms with E-state index in [-0.39, 0.29) is 0 Å². The fourth-order valence-electron chi connectivity index (χ4n) is 3.84. The normalized spacial score (nSPS) is 11.9. The third-order valence-electron chi connectivity index (χ3n) is 5.28. The molecule has 0 bridgehead atoms. The maximum atomic E-state index is 5.02. The Hall–Kier alpha value is -3.31. The molecule has 6 rings (SSSR count). The van der Waals surface area contributed by atoms with Gasteiger partial charge in [-0.05, 0) is 49.2 Å². The van der Waals surface area contributed by atoms with Crippen LogP contribution in [0.2, 0.25) is 0 Å². The van der Waals surface area contributed by atoms with Gasteiger partial charge in [0.15, 0.2) is 10.8 Å². The Morgan fingerprint density at radius 2 is 1.50 bits per heavy atom. The molecule has 0 N–H and O–H groups in total. The summed E-state index contributed by atoms with van der Waals surface area (Å²) >= 11 is 1.70. The van der Waals surface area contributed by atoms with Crippen molar-refractivity contribution in [1.82, 2.24) is 19.4 Å². The first-order valence-corrected chi connectivity index (χ1v) is 10.1. The number of aryl methyl sites for hydroxylation is 2. The lowest BCUT2D eigenvalue weighted by molar-refractivity contribution is 1.15. The molecular formula is C23H16N4S. The Labute approximate surface area is 165 Å². The summed E-state index contributed by atoms with van der Waals surface area (Å²) < 4.78 is 3.38. The number of benzene rings is 3. The zero-order chi connectivity index (χ0) is 18.8. The maximum absolute atomic E-state index is 5.02. The van der Waals surface area contributed by atoms with Gasteiger partial charge in [0, 0.05) is 5.39 Å². The van der Waals surface area contributed by atoms with Crippen molar-refractivity contribution < 1.29 is 0 Å². The minimum atomic E-state index is 0.849. The van der Waals surface area contributed by atoms with Crippen LogP contribution in [0.25, 0.3) is 48.6 Å². The van der Waals surface area contributed by atoms with Crippen molar-refractivity contribution in [2.75, 3.05) is 0 Å². The van der Waals surface area contributed by atoms with Crippen molar-refractivity contribution in [3.63, 3.8) is 0 Å². The molecule has 134 valence electrons. The summed E-state index contributed by atoms with van der Waals surface area (Å²) in [4.78, 5) is 14.9. The fraction of sp³-hybridized carbons (Fsp3) is 0.0870. The smallest absolute Gasteiger partial charge is 0.176 e. The Bertz CT molecular complexity index is 1500. The van der Waals surface area contributed by atoms with Crippen molar-refractivity contribution in [2.45, 2.75) is 13.8 Å². The van der Waals surface area contributed by atoms with Gasteiger partial charge < -0.3 is 0 Å². The van der Waals surface area contributed by atoms with E-state index in [2.05, 4.69) is 42.5 Å².